The molecule has 1 aliphatic rings. The van der Waals surface area contributed by atoms with Gasteiger partial charge < -0.3 is 14.1 Å². The van der Waals surface area contributed by atoms with Crippen LogP contribution in [-0.2, 0) is 0 Å². The van der Waals surface area contributed by atoms with E-state index in [9.17, 15) is 0 Å². The van der Waals surface area contributed by atoms with Gasteiger partial charge in [0, 0.05) is 38.3 Å². The Morgan fingerprint density at radius 2 is 1.67 bits per heavy atom. The molecule has 4 aromatic rings. The molecule has 0 unspecified atom stereocenters. The summed E-state index contributed by atoms with van der Waals surface area (Å²) in [4.78, 5) is 9.32. The molecule has 5 rings (SSSR count). The first kappa shape index (κ1) is 22.1. The average Bonchev–Trinajstić information content (AvgIpc) is 3.29. The summed E-state index contributed by atoms with van der Waals surface area (Å²) in [6, 6.07) is 21.5. The molecule has 1 aliphatic heterocycles. The number of rotatable bonds is 7. The van der Waals surface area contributed by atoms with Gasteiger partial charge in [-0.1, -0.05) is 41.4 Å². The number of hydrogen-bond donors (Lipinski definition) is 0. The van der Waals surface area contributed by atoms with Crippen LogP contribution in [0.25, 0.3) is 22.6 Å². The molecule has 170 valence electrons. The Labute approximate surface area is 203 Å². The molecule has 0 spiro atoms. The van der Waals surface area contributed by atoms with Crippen molar-refractivity contribution >= 4 is 40.0 Å². The highest BCUT2D eigenvalue weighted by Gasteiger charge is 2.19. The van der Waals surface area contributed by atoms with Crippen molar-refractivity contribution in [1.82, 2.24) is 9.88 Å². The molecule has 2 heterocycles. The van der Waals surface area contributed by atoms with Crippen molar-refractivity contribution in [3.8, 4) is 17.2 Å². The highest BCUT2D eigenvalue weighted by Crippen LogP contribution is 2.33. The summed E-state index contributed by atoms with van der Waals surface area (Å²) < 4.78 is 11.8. The summed E-state index contributed by atoms with van der Waals surface area (Å²) in [5.74, 6) is 1.48. The van der Waals surface area contributed by atoms with Crippen molar-refractivity contribution < 1.29 is 9.15 Å². The number of nitrogens with zero attached hydrogens (tertiary/aromatic N) is 3. The lowest BCUT2D eigenvalue weighted by Crippen LogP contribution is -2.46. The number of halogens is 2. The van der Waals surface area contributed by atoms with Gasteiger partial charge in [-0.2, -0.15) is 0 Å². The molecular formula is C26H25Cl2N3O2. The first-order valence-corrected chi connectivity index (χ1v) is 11.9. The zero-order valence-corrected chi connectivity index (χ0v) is 19.7. The molecule has 33 heavy (non-hydrogen) atoms. The number of anilines is 1. The first-order chi connectivity index (χ1) is 16.2. The topological polar surface area (TPSA) is 41.7 Å². The Hall–Kier alpha value is -2.73. The minimum atomic E-state index is 0.607. The number of fused-ring (bicyclic) bond motifs is 1. The summed E-state index contributed by atoms with van der Waals surface area (Å²) in [6.07, 6.45) is 0.977. The predicted octanol–water partition coefficient (Wildman–Crippen LogP) is 6.39. The molecule has 3 aromatic carbocycles. The van der Waals surface area contributed by atoms with Gasteiger partial charge in [0.1, 0.15) is 11.3 Å². The molecule has 0 bridgehead atoms. The minimum absolute atomic E-state index is 0.607. The Morgan fingerprint density at radius 3 is 2.45 bits per heavy atom. The van der Waals surface area contributed by atoms with Crippen molar-refractivity contribution in [1.29, 1.82) is 0 Å². The van der Waals surface area contributed by atoms with E-state index in [0.717, 1.165) is 67.2 Å². The molecule has 0 aliphatic carbocycles. The van der Waals surface area contributed by atoms with E-state index < -0.39 is 0 Å². The fraction of sp³-hybridized carbons (Fsp3) is 0.269. The second-order valence-electron chi connectivity index (χ2n) is 8.11. The van der Waals surface area contributed by atoms with Gasteiger partial charge in [0.2, 0.25) is 5.89 Å². The monoisotopic (exact) mass is 481 g/mol. The first-order valence-electron chi connectivity index (χ1n) is 11.2. The van der Waals surface area contributed by atoms with Crippen LogP contribution in [0.5, 0.6) is 5.75 Å². The van der Waals surface area contributed by atoms with Gasteiger partial charge in [0.25, 0.3) is 0 Å². The smallest absolute Gasteiger partial charge is 0.227 e. The standard InChI is InChI=1S/C26H25Cl2N3O2/c27-21-5-3-7-23(25(21)28)31-16-14-30(15-17-31)13-4-18-32-20-11-9-19(10-12-20)26-29-22-6-1-2-8-24(22)33-26/h1-3,5-12H,4,13-18H2. The number of para-hydroxylation sites is 2. The van der Waals surface area contributed by atoms with Crippen LogP contribution in [0.1, 0.15) is 6.42 Å². The summed E-state index contributed by atoms with van der Waals surface area (Å²) >= 11 is 12.5. The Bertz CT molecular complexity index is 1180. The normalized spacial score (nSPS) is 14.7. The average molecular weight is 482 g/mol. The lowest BCUT2D eigenvalue weighted by molar-refractivity contribution is 0.225. The lowest BCUT2D eigenvalue weighted by Gasteiger charge is -2.36. The van der Waals surface area contributed by atoms with E-state index in [2.05, 4.69) is 14.8 Å². The van der Waals surface area contributed by atoms with Gasteiger partial charge >= 0.3 is 0 Å². The van der Waals surface area contributed by atoms with Crippen molar-refractivity contribution in [3.63, 3.8) is 0 Å². The number of oxazole rings is 1. The number of piperazine rings is 1. The molecular weight excluding hydrogens is 457 g/mol. The summed E-state index contributed by atoms with van der Waals surface area (Å²) in [6.45, 7) is 5.58. The minimum Gasteiger partial charge on any atom is -0.494 e. The van der Waals surface area contributed by atoms with Crippen LogP contribution in [0, 0.1) is 0 Å². The fourth-order valence-corrected chi connectivity index (χ4v) is 4.53. The van der Waals surface area contributed by atoms with Gasteiger partial charge in [0.05, 0.1) is 22.3 Å². The highest BCUT2D eigenvalue weighted by molar-refractivity contribution is 6.43. The summed E-state index contributed by atoms with van der Waals surface area (Å²) in [5.41, 5.74) is 3.62. The third-order valence-electron chi connectivity index (χ3n) is 5.93. The highest BCUT2D eigenvalue weighted by atomic mass is 35.5. The second-order valence-corrected chi connectivity index (χ2v) is 8.90. The third-order valence-corrected chi connectivity index (χ3v) is 6.74. The van der Waals surface area contributed by atoms with E-state index in [4.69, 9.17) is 32.4 Å². The van der Waals surface area contributed by atoms with E-state index >= 15 is 0 Å². The number of ether oxygens (including phenoxy) is 1. The molecule has 0 N–H and O–H groups in total. The summed E-state index contributed by atoms with van der Waals surface area (Å²) in [7, 11) is 0. The Kier molecular flexibility index (Phi) is 6.72. The van der Waals surface area contributed by atoms with E-state index in [0.29, 0.717) is 22.5 Å². The molecule has 0 amide bonds. The van der Waals surface area contributed by atoms with Crippen LogP contribution < -0.4 is 9.64 Å². The predicted molar refractivity (Wildman–Crippen MR) is 135 cm³/mol. The van der Waals surface area contributed by atoms with Crippen LogP contribution in [0.4, 0.5) is 5.69 Å². The maximum atomic E-state index is 6.37. The van der Waals surface area contributed by atoms with Gasteiger partial charge in [-0.25, -0.2) is 4.98 Å². The van der Waals surface area contributed by atoms with Crippen LogP contribution in [0.15, 0.2) is 71.1 Å². The third kappa shape index (κ3) is 5.11. The van der Waals surface area contributed by atoms with Gasteiger partial charge in [0.15, 0.2) is 5.58 Å². The van der Waals surface area contributed by atoms with Crippen molar-refractivity contribution in [2.24, 2.45) is 0 Å². The lowest BCUT2D eigenvalue weighted by atomic mass is 10.2. The second kappa shape index (κ2) is 10.0. The van der Waals surface area contributed by atoms with Gasteiger partial charge in [-0.05, 0) is 55.0 Å². The molecule has 0 radical (unpaired) electrons. The maximum absolute atomic E-state index is 6.37. The molecule has 1 aromatic heterocycles. The van der Waals surface area contributed by atoms with Gasteiger partial charge in [-0.15, -0.1) is 0 Å². The number of benzene rings is 3. The van der Waals surface area contributed by atoms with E-state index in [1.165, 1.54) is 0 Å². The van der Waals surface area contributed by atoms with Crippen LogP contribution in [-0.4, -0.2) is 49.2 Å². The Morgan fingerprint density at radius 1 is 0.879 bits per heavy atom. The quantitative estimate of drug-likeness (QED) is 0.286. The van der Waals surface area contributed by atoms with E-state index in [-0.39, 0.29) is 0 Å². The molecule has 7 heteroatoms. The zero-order valence-electron chi connectivity index (χ0n) is 18.2. The van der Waals surface area contributed by atoms with Crippen LogP contribution in [0.2, 0.25) is 10.0 Å². The maximum Gasteiger partial charge on any atom is 0.227 e. The zero-order chi connectivity index (χ0) is 22.6. The van der Waals surface area contributed by atoms with Crippen molar-refractivity contribution in [3.05, 3.63) is 76.8 Å². The summed E-state index contributed by atoms with van der Waals surface area (Å²) in [5, 5.41) is 1.25. The fourth-order valence-electron chi connectivity index (χ4n) is 4.12. The Balaban J connectivity index is 1.06. The van der Waals surface area contributed by atoms with Crippen LogP contribution >= 0.6 is 23.2 Å². The molecule has 5 nitrogen and oxygen atoms in total. The van der Waals surface area contributed by atoms with Gasteiger partial charge in [-0.3, -0.25) is 4.90 Å². The molecule has 1 fully saturated rings. The van der Waals surface area contributed by atoms with Crippen molar-refractivity contribution in [2.45, 2.75) is 6.42 Å². The van der Waals surface area contributed by atoms with Crippen LogP contribution in [0.3, 0.4) is 0 Å². The van der Waals surface area contributed by atoms with E-state index in [1.807, 2.05) is 66.7 Å². The molecule has 1 saturated heterocycles. The molecule has 0 atom stereocenters. The number of aromatic nitrogens is 1. The van der Waals surface area contributed by atoms with E-state index in [1.54, 1.807) is 0 Å². The SMILES string of the molecule is Clc1cccc(N2CCN(CCCOc3ccc(-c4nc5ccccc5o4)cc3)CC2)c1Cl. The number of hydrogen-bond acceptors (Lipinski definition) is 5. The molecule has 0 saturated carbocycles. The largest absolute Gasteiger partial charge is 0.494 e. The van der Waals surface area contributed by atoms with Crippen molar-refractivity contribution in [2.75, 3.05) is 44.2 Å².